The lowest BCUT2D eigenvalue weighted by molar-refractivity contribution is 0.280. The maximum atomic E-state index is 5.87. The number of ether oxygens (including phenoxy) is 1. The molecule has 2 aromatic rings. The third kappa shape index (κ3) is 5.22. The predicted molar refractivity (Wildman–Crippen MR) is 89.7 cm³/mol. The van der Waals surface area contributed by atoms with Gasteiger partial charge in [0.05, 0.1) is 12.1 Å². The Bertz CT molecular complexity index is 599. The molecule has 0 saturated carbocycles. The number of hydrogen-bond donors (Lipinski definition) is 0. The van der Waals surface area contributed by atoms with Crippen molar-refractivity contribution in [3.63, 3.8) is 0 Å². The SMILES string of the molecule is CC(C)=CCCC(C)CCOc1ccc2ncccc2c1. The Balaban J connectivity index is 1.78. The van der Waals surface area contributed by atoms with E-state index in [0.717, 1.165) is 29.7 Å². The van der Waals surface area contributed by atoms with Crippen molar-refractivity contribution in [2.75, 3.05) is 6.61 Å². The van der Waals surface area contributed by atoms with Crippen LogP contribution < -0.4 is 4.74 Å². The molecule has 0 bridgehead atoms. The van der Waals surface area contributed by atoms with Crippen molar-refractivity contribution in [3.8, 4) is 5.75 Å². The van der Waals surface area contributed by atoms with E-state index < -0.39 is 0 Å². The molecule has 0 spiro atoms. The molecule has 1 atom stereocenters. The van der Waals surface area contributed by atoms with E-state index in [1.807, 2.05) is 24.4 Å². The van der Waals surface area contributed by atoms with E-state index in [4.69, 9.17) is 4.74 Å². The number of aromatic nitrogens is 1. The lowest BCUT2D eigenvalue weighted by Crippen LogP contribution is -2.04. The highest BCUT2D eigenvalue weighted by atomic mass is 16.5. The molecule has 2 rings (SSSR count). The quantitative estimate of drug-likeness (QED) is 0.636. The molecule has 0 aliphatic carbocycles. The average molecular weight is 283 g/mol. The number of fused-ring (bicyclic) bond motifs is 1. The first kappa shape index (κ1) is 15.6. The van der Waals surface area contributed by atoms with Crippen LogP contribution in [0.4, 0.5) is 0 Å². The summed E-state index contributed by atoms with van der Waals surface area (Å²) >= 11 is 0. The van der Waals surface area contributed by atoms with Crippen LogP contribution in [0.2, 0.25) is 0 Å². The topological polar surface area (TPSA) is 22.1 Å². The fourth-order valence-electron chi connectivity index (χ4n) is 2.32. The van der Waals surface area contributed by atoms with Crippen molar-refractivity contribution in [2.24, 2.45) is 5.92 Å². The fourth-order valence-corrected chi connectivity index (χ4v) is 2.32. The average Bonchev–Trinajstić information content (AvgIpc) is 2.47. The van der Waals surface area contributed by atoms with Crippen LogP contribution in [0.1, 0.15) is 40.0 Å². The van der Waals surface area contributed by atoms with Crippen LogP contribution in [0.25, 0.3) is 10.9 Å². The van der Waals surface area contributed by atoms with E-state index in [1.54, 1.807) is 0 Å². The summed E-state index contributed by atoms with van der Waals surface area (Å²) in [5.74, 6) is 1.63. The van der Waals surface area contributed by atoms with Gasteiger partial charge in [-0.1, -0.05) is 24.6 Å². The molecule has 2 nitrogen and oxygen atoms in total. The molecule has 0 fully saturated rings. The van der Waals surface area contributed by atoms with Crippen molar-refractivity contribution < 1.29 is 4.74 Å². The van der Waals surface area contributed by atoms with Gasteiger partial charge in [0.1, 0.15) is 5.75 Å². The van der Waals surface area contributed by atoms with E-state index in [1.165, 1.54) is 18.4 Å². The molecule has 1 heterocycles. The molecule has 0 aliphatic rings. The Morgan fingerprint density at radius 3 is 2.90 bits per heavy atom. The summed E-state index contributed by atoms with van der Waals surface area (Å²) in [4.78, 5) is 4.32. The maximum absolute atomic E-state index is 5.87. The molecule has 0 amide bonds. The molecular formula is C19H25NO. The standard InChI is InChI=1S/C19H25NO/c1-15(2)6-4-7-16(3)11-13-21-18-9-10-19-17(14-18)8-5-12-20-19/h5-6,8-10,12,14,16H,4,7,11,13H2,1-3H3. The van der Waals surface area contributed by atoms with Gasteiger partial charge in [-0.3, -0.25) is 4.98 Å². The van der Waals surface area contributed by atoms with Crippen LogP contribution in [-0.2, 0) is 0 Å². The van der Waals surface area contributed by atoms with Gasteiger partial charge in [0.25, 0.3) is 0 Å². The minimum atomic E-state index is 0.697. The zero-order valence-electron chi connectivity index (χ0n) is 13.3. The van der Waals surface area contributed by atoms with Crippen LogP contribution in [0, 0.1) is 5.92 Å². The van der Waals surface area contributed by atoms with Gasteiger partial charge < -0.3 is 4.74 Å². The van der Waals surface area contributed by atoms with Crippen LogP contribution >= 0.6 is 0 Å². The summed E-state index contributed by atoms with van der Waals surface area (Å²) in [6.45, 7) is 7.39. The molecule has 0 aliphatic heterocycles. The number of benzene rings is 1. The van der Waals surface area contributed by atoms with Gasteiger partial charge in [0, 0.05) is 11.6 Å². The highest BCUT2D eigenvalue weighted by Crippen LogP contribution is 2.20. The summed E-state index contributed by atoms with van der Waals surface area (Å²) in [7, 11) is 0. The van der Waals surface area contributed by atoms with Crippen LogP contribution in [0.5, 0.6) is 5.75 Å². The van der Waals surface area contributed by atoms with E-state index in [9.17, 15) is 0 Å². The lowest BCUT2D eigenvalue weighted by atomic mass is 10.0. The van der Waals surface area contributed by atoms with Crippen LogP contribution in [-0.4, -0.2) is 11.6 Å². The zero-order valence-corrected chi connectivity index (χ0v) is 13.3. The normalized spacial score (nSPS) is 12.1. The third-order valence-corrected chi connectivity index (χ3v) is 3.67. The lowest BCUT2D eigenvalue weighted by Gasteiger charge is -2.12. The van der Waals surface area contributed by atoms with Gasteiger partial charge in [-0.25, -0.2) is 0 Å². The van der Waals surface area contributed by atoms with E-state index in [0.29, 0.717) is 5.92 Å². The molecule has 2 heteroatoms. The van der Waals surface area contributed by atoms with E-state index in [2.05, 4.69) is 44.0 Å². The molecule has 112 valence electrons. The molecule has 1 unspecified atom stereocenters. The first-order valence-corrected chi connectivity index (χ1v) is 7.76. The molecule has 0 radical (unpaired) electrons. The van der Waals surface area contributed by atoms with Gasteiger partial charge in [-0.05, 0) is 63.3 Å². The monoisotopic (exact) mass is 283 g/mol. The van der Waals surface area contributed by atoms with Gasteiger partial charge in [-0.2, -0.15) is 0 Å². The maximum Gasteiger partial charge on any atom is 0.120 e. The summed E-state index contributed by atoms with van der Waals surface area (Å²) in [5, 5.41) is 1.13. The number of allylic oxidation sites excluding steroid dienone is 2. The molecule has 0 saturated heterocycles. The van der Waals surface area contributed by atoms with Crippen molar-refractivity contribution in [2.45, 2.75) is 40.0 Å². The first-order valence-electron chi connectivity index (χ1n) is 7.76. The third-order valence-electron chi connectivity index (χ3n) is 3.67. The van der Waals surface area contributed by atoms with Crippen molar-refractivity contribution >= 4 is 10.9 Å². The molecule has 21 heavy (non-hydrogen) atoms. The van der Waals surface area contributed by atoms with E-state index in [-0.39, 0.29) is 0 Å². The van der Waals surface area contributed by atoms with E-state index >= 15 is 0 Å². The smallest absolute Gasteiger partial charge is 0.120 e. The molecule has 0 N–H and O–H groups in total. The highest BCUT2D eigenvalue weighted by molar-refractivity contribution is 5.79. The van der Waals surface area contributed by atoms with Crippen molar-refractivity contribution in [3.05, 3.63) is 48.2 Å². The predicted octanol–water partition coefficient (Wildman–Crippen LogP) is 5.39. The largest absolute Gasteiger partial charge is 0.494 e. The van der Waals surface area contributed by atoms with Gasteiger partial charge in [-0.15, -0.1) is 0 Å². The number of nitrogens with zero attached hydrogens (tertiary/aromatic N) is 1. The fraction of sp³-hybridized carbons (Fsp3) is 0.421. The minimum Gasteiger partial charge on any atom is -0.494 e. The molecule has 1 aromatic carbocycles. The highest BCUT2D eigenvalue weighted by Gasteiger charge is 2.03. The number of hydrogen-bond acceptors (Lipinski definition) is 2. The first-order chi connectivity index (χ1) is 10.1. The Labute approximate surface area is 127 Å². The Morgan fingerprint density at radius 1 is 1.24 bits per heavy atom. The van der Waals surface area contributed by atoms with Crippen LogP contribution in [0.15, 0.2) is 48.2 Å². The Morgan fingerprint density at radius 2 is 2.10 bits per heavy atom. The summed E-state index contributed by atoms with van der Waals surface area (Å²) in [5.41, 5.74) is 2.42. The van der Waals surface area contributed by atoms with Gasteiger partial charge in [0.15, 0.2) is 0 Å². The molecule has 1 aromatic heterocycles. The number of pyridine rings is 1. The second kappa shape index (κ2) is 7.82. The Kier molecular flexibility index (Phi) is 5.79. The second-order valence-electron chi connectivity index (χ2n) is 5.96. The molecular weight excluding hydrogens is 258 g/mol. The summed E-state index contributed by atoms with van der Waals surface area (Å²) in [6, 6.07) is 10.1. The number of rotatable bonds is 7. The summed E-state index contributed by atoms with van der Waals surface area (Å²) < 4.78 is 5.87. The Hall–Kier alpha value is -1.83. The summed E-state index contributed by atoms with van der Waals surface area (Å²) in [6.07, 6.45) is 7.63. The van der Waals surface area contributed by atoms with Gasteiger partial charge >= 0.3 is 0 Å². The minimum absolute atomic E-state index is 0.697. The van der Waals surface area contributed by atoms with Crippen molar-refractivity contribution in [1.29, 1.82) is 0 Å². The second-order valence-corrected chi connectivity index (χ2v) is 5.96. The van der Waals surface area contributed by atoms with Crippen molar-refractivity contribution in [1.82, 2.24) is 4.98 Å². The van der Waals surface area contributed by atoms with Gasteiger partial charge in [0.2, 0.25) is 0 Å². The zero-order chi connectivity index (χ0) is 15.1. The van der Waals surface area contributed by atoms with Crippen LogP contribution in [0.3, 0.4) is 0 Å².